The van der Waals surface area contributed by atoms with E-state index in [0.717, 1.165) is 25.0 Å². The van der Waals surface area contributed by atoms with Crippen LogP contribution in [0.5, 0.6) is 0 Å². The summed E-state index contributed by atoms with van der Waals surface area (Å²) in [5.41, 5.74) is 1.65. The van der Waals surface area contributed by atoms with Crippen LogP contribution in [0.15, 0.2) is 22.7 Å². The van der Waals surface area contributed by atoms with Gasteiger partial charge in [0.2, 0.25) is 0 Å². The average Bonchev–Trinajstić information content (AvgIpc) is 3.24. The normalized spacial score (nSPS) is 14.1. The number of aromatic nitrogens is 2. The van der Waals surface area contributed by atoms with Gasteiger partial charge in [0.25, 0.3) is 11.6 Å². The molecule has 1 aliphatic rings. The molecule has 2 aromatic heterocycles. The lowest BCUT2D eigenvalue weighted by molar-refractivity contribution is 0.102. The van der Waals surface area contributed by atoms with E-state index in [1.807, 2.05) is 0 Å². The van der Waals surface area contributed by atoms with Crippen molar-refractivity contribution in [3.05, 3.63) is 46.8 Å². The van der Waals surface area contributed by atoms with Gasteiger partial charge < -0.3 is 14.7 Å². The van der Waals surface area contributed by atoms with Gasteiger partial charge in [-0.25, -0.2) is 13.8 Å². The molecule has 1 saturated heterocycles. The summed E-state index contributed by atoms with van der Waals surface area (Å²) in [6.07, 6.45) is 1.82. The Balaban J connectivity index is 1.67. The van der Waals surface area contributed by atoms with Crippen molar-refractivity contribution in [2.75, 3.05) is 23.3 Å². The second-order valence-corrected chi connectivity index (χ2v) is 6.70. The topological polar surface area (TPSA) is 71.3 Å². The van der Waals surface area contributed by atoms with Crippen LogP contribution in [0.25, 0.3) is 11.1 Å². The number of hydrogen-bond acceptors (Lipinski definition) is 5. The van der Waals surface area contributed by atoms with Crippen LogP contribution >= 0.6 is 0 Å². The van der Waals surface area contributed by atoms with Gasteiger partial charge in [-0.15, -0.1) is 0 Å². The van der Waals surface area contributed by atoms with Crippen LogP contribution < -0.4 is 10.2 Å². The van der Waals surface area contributed by atoms with Gasteiger partial charge in [0.05, 0.1) is 16.6 Å². The van der Waals surface area contributed by atoms with Gasteiger partial charge >= 0.3 is 0 Å². The van der Waals surface area contributed by atoms with Crippen LogP contribution in [0.4, 0.5) is 20.2 Å². The molecule has 1 amide bonds. The fraction of sp³-hybridized carbons (Fsp3) is 0.316. The fourth-order valence-electron chi connectivity index (χ4n) is 3.48. The van der Waals surface area contributed by atoms with Crippen LogP contribution in [0.3, 0.4) is 0 Å². The summed E-state index contributed by atoms with van der Waals surface area (Å²) in [6, 6.07) is 3.87. The summed E-state index contributed by atoms with van der Waals surface area (Å²) >= 11 is 0. The van der Waals surface area contributed by atoms with Crippen LogP contribution in [-0.2, 0) is 0 Å². The van der Waals surface area contributed by atoms with E-state index in [2.05, 4.69) is 15.5 Å². The number of pyridine rings is 1. The minimum Gasteiger partial charge on any atom is -0.367 e. The monoisotopic (exact) mass is 372 g/mol. The molecule has 0 atom stereocenters. The molecule has 1 N–H and O–H groups in total. The van der Waals surface area contributed by atoms with Crippen molar-refractivity contribution in [3.8, 4) is 0 Å². The molecule has 0 spiro atoms. The Morgan fingerprint density at radius 3 is 2.48 bits per heavy atom. The summed E-state index contributed by atoms with van der Waals surface area (Å²) in [5, 5.41) is 6.87. The molecule has 1 aromatic carbocycles. The van der Waals surface area contributed by atoms with E-state index < -0.39 is 17.5 Å². The molecule has 6 nitrogen and oxygen atoms in total. The highest BCUT2D eigenvalue weighted by Crippen LogP contribution is 2.30. The number of rotatable bonds is 3. The van der Waals surface area contributed by atoms with Crippen molar-refractivity contribution in [2.24, 2.45) is 0 Å². The minimum atomic E-state index is -0.690. The zero-order chi connectivity index (χ0) is 19.1. The van der Waals surface area contributed by atoms with E-state index in [1.54, 1.807) is 24.8 Å². The molecule has 0 saturated carbocycles. The zero-order valence-electron chi connectivity index (χ0n) is 15.0. The first kappa shape index (κ1) is 17.4. The van der Waals surface area contributed by atoms with Gasteiger partial charge in [-0.2, -0.15) is 0 Å². The van der Waals surface area contributed by atoms with Gasteiger partial charge in [0, 0.05) is 24.5 Å². The molecule has 8 heteroatoms. The molecule has 140 valence electrons. The number of halogens is 2. The number of benzene rings is 1. The molecule has 0 radical (unpaired) electrons. The van der Waals surface area contributed by atoms with Crippen LogP contribution in [0.2, 0.25) is 0 Å². The lowest BCUT2D eigenvalue weighted by atomic mass is 10.1. The van der Waals surface area contributed by atoms with E-state index in [0.29, 0.717) is 35.4 Å². The van der Waals surface area contributed by atoms with Crippen LogP contribution in [-0.4, -0.2) is 29.1 Å². The maximum Gasteiger partial charge on any atom is 0.258 e. The van der Waals surface area contributed by atoms with Crippen molar-refractivity contribution >= 4 is 28.4 Å². The summed E-state index contributed by atoms with van der Waals surface area (Å²) in [5.74, 6) is -1.89. The number of aryl methyl sites for hydroxylation is 2. The Morgan fingerprint density at radius 2 is 1.81 bits per heavy atom. The first-order chi connectivity index (χ1) is 12.9. The standard InChI is InChI=1S/C19H18F2N4O2/c1-10-7-13(16-11(2)24-27-19(16)22-10)18(26)23-12-8-14(20)17(15(21)9-12)25-5-3-4-6-25/h7-9H,3-6H2,1-2H3,(H,23,26). The number of anilines is 2. The number of carbonyl (C=O) groups excluding carboxylic acids is 1. The second kappa shape index (κ2) is 6.61. The Hall–Kier alpha value is -3.03. The highest BCUT2D eigenvalue weighted by atomic mass is 19.1. The highest BCUT2D eigenvalue weighted by Gasteiger charge is 2.23. The second-order valence-electron chi connectivity index (χ2n) is 6.70. The highest BCUT2D eigenvalue weighted by molar-refractivity contribution is 6.12. The third kappa shape index (κ3) is 3.11. The van der Waals surface area contributed by atoms with E-state index in [-0.39, 0.29) is 17.1 Å². The summed E-state index contributed by atoms with van der Waals surface area (Å²) < 4.78 is 34.1. The van der Waals surface area contributed by atoms with Crippen molar-refractivity contribution in [1.82, 2.24) is 10.1 Å². The number of nitrogens with one attached hydrogen (secondary N) is 1. The molecule has 3 aromatic rings. The molecule has 1 fully saturated rings. The van der Waals surface area contributed by atoms with E-state index in [4.69, 9.17) is 4.52 Å². The average molecular weight is 372 g/mol. The van der Waals surface area contributed by atoms with Crippen LogP contribution in [0, 0.1) is 25.5 Å². The molecule has 0 unspecified atom stereocenters. The predicted octanol–water partition coefficient (Wildman–Crippen LogP) is 3.97. The Labute approximate surface area is 154 Å². The maximum atomic E-state index is 14.5. The van der Waals surface area contributed by atoms with Gasteiger partial charge in [0.1, 0.15) is 5.69 Å². The number of amides is 1. The molecule has 0 bridgehead atoms. The predicted molar refractivity (Wildman–Crippen MR) is 97.0 cm³/mol. The van der Waals surface area contributed by atoms with E-state index in [9.17, 15) is 13.6 Å². The zero-order valence-corrected chi connectivity index (χ0v) is 15.0. The number of nitrogens with zero attached hydrogens (tertiary/aromatic N) is 3. The molecule has 4 rings (SSSR count). The maximum absolute atomic E-state index is 14.5. The lowest BCUT2D eigenvalue weighted by Gasteiger charge is -2.20. The molecule has 0 aliphatic carbocycles. The van der Waals surface area contributed by atoms with Crippen molar-refractivity contribution in [2.45, 2.75) is 26.7 Å². The Morgan fingerprint density at radius 1 is 1.15 bits per heavy atom. The Kier molecular flexibility index (Phi) is 4.25. The lowest BCUT2D eigenvalue weighted by Crippen LogP contribution is -2.21. The largest absolute Gasteiger partial charge is 0.367 e. The van der Waals surface area contributed by atoms with Crippen LogP contribution in [0.1, 0.15) is 34.6 Å². The first-order valence-electron chi connectivity index (χ1n) is 8.73. The number of fused-ring (bicyclic) bond motifs is 1. The van der Waals surface area contributed by atoms with Gasteiger partial charge in [-0.3, -0.25) is 4.79 Å². The third-order valence-electron chi connectivity index (χ3n) is 4.69. The summed E-state index contributed by atoms with van der Waals surface area (Å²) in [7, 11) is 0. The van der Waals surface area contributed by atoms with Crippen molar-refractivity contribution < 1.29 is 18.1 Å². The molecule has 3 heterocycles. The summed E-state index contributed by atoms with van der Waals surface area (Å²) in [6.45, 7) is 4.67. The van der Waals surface area contributed by atoms with E-state index >= 15 is 0 Å². The molecular weight excluding hydrogens is 354 g/mol. The Bertz CT molecular complexity index is 1020. The number of hydrogen-bond donors (Lipinski definition) is 1. The summed E-state index contributed by atoms with van der Waals surface area (Å²) in [4.78, 5) is 18.6. The smallest absolute Gasteiger partial charge is 0.258 e. The van der Waals surface area contributed by atoms with Gasteiger partial charge in [-0.05, 0) is 44.9 Å². The number of carbonyl (C=O) groups is 1. The SMILES string of the molecule is Cc1cc(C(=O)Nc2cc(F)c(N3CCCC3)c(F)c2)c2c(C)noc2n1. The quantitative estimate of drug-likeness (QED) is 0.753. The van der Waals surface area contributed by atoms with Gasteiger partial charge in [0.15, 0.2) is 11.6 Å². The molecule has 1 aliphatic heterocycles. The molecular formula is C19H18F2N4O2. The van der Waals surface area contributed by atoms with Crippen molar-refractivity contribution in [3.63, 3.8) is 0 Å². The molecule has 27 heavy (non-hydrogen) atoms. The third-order valence-corrected chi connectivity index (χ3v) is 4.69. The minimum absolute atomic E-state index is 0.0393. The first-order valence-corrected chi connectivity index (χ1v) is 8.73. The van der Waals surface area contributed by atoms with Crippen molar-refractivity contribution in [1.29, 1.82) is 0 Å². The van der Waals surface area contributed by atoms with E-state index in [1.165, 1.54) is 0 Å². The fourth-order valence-corrected chi connectivity index (χ4v) is 3.48. The van der Waals surface area contributed by atoms with Gasteiger partial charge in [-0.1, -0.05) is 5.16 Å².